The highest BCUT2D eigenvalue weighted by Gasteiger charge is 2.21. The molecule has 1 aromatic heterocycles. The van der Waals surface area contributed by atoms with Crippen molar-refractivity contribution in [1.82, 2.24) is 9.88 Å². The molecule has 1 atom stereocenters. The fourth-order valence-corrected chi connectivity index (χ4v) is 5.28. The molecule has 3 rings (SSSR count). The highest BCUT2D eigenvalue weighted by Crippen LogP contribution is 2.28. The first-order valence-electron chi connectivity index (χ1n) is 10.5. The molecule has 0 saturated carbocycles. The standard InChI is InChI=1S/C24H25ClN2O6S/c1-14-10-20(25)19-12-22(27(3)21(19)11-14)24(31)26-15(2)16-4-7-18(8-5-16)34(32,33)13-17(28)6-9-23(29)30/h4-5,7-8,10-12,15H,6,9,13H2,1-3H3,(H,26,31)(H,29,30). The lowest BCUT2D eigenvalue weighted by Crippen LogP contribution is -2.28. The second kappa shape index (κ2) is 9.99. The van der Waals surface area contributed by atoms with E-state index in [1.807, 2.05) is 19.1 Å². The predicted molar refractivity (Wildman–Crippen MR) is 129 cm³/mol. The fourth-order valence-electron chi connectivity index (χ4n) is 3.67. The van der Waals surface area contributed by atoms with E-state index in [2.05, 4.69) is 5.32 Å². The number of carboxylic acids is 1. The molecule has 1 heterocycles. The Kier molecular flexibility index (Phi) is 7.48. The molecule has 0 saturated heterocycles. The molecule has 2 N–H and O–H groups in total. The molecule has 3 aromatic rings. The number of hydrogen-bond donors (Lipinski definition) is 2. The number of nitrogens with zero attached hydrogens (tertiary/aromatic N) is 1. The average Bonchev–Trinajstić information content (AvgIpc) is 3.09. The number of carboxylic acid groups (broad SMARTS) is 1. The van der Waals surface area contributed by atoms with Gasteiger partial charge >= 0.3 is 5.97 Å². The van der Waals surface area contributed by atoms with E-state index in [0.29, 0.717) is 16.3 Å². The zero-order chi connectivity index (χ0) is 25.2. The van der Waals surface area contributed by atoms with Gasteiger partial charge in [0.15, 0.2) is 9.84 Å². The van der Waals surface area contributed by atoms with E-state index in [4.69, 9.17) is 16.7 Å². The maximum atomic E-state index is 12.9. The third-order valence-corrected chi connectivity index (χ3v) is 7.55. The summed E-state index contributed by atoms with van der Waals surface area (Å²) < 4.78 is 26.7. The molecule has 180 valence electrons. The molecule has 0 bridgehead atoms. The molecule has 0 fully saturated rings. The number of rotatable bonds is 9. The first-order valence-corrected chi connectivity index (χ1v) is 12.5. The van der Waals surface area contributed by atoms with E-state index in [-0.39, 0.29) is 17.2 Å². The third-order valence-electron chi connectivity index (χ3n) is 5.54. The third kappa shape index (κ3) is 5.66. The van der Waals surface area contributed by atoms with Gasteiger partial charge in [-0.1, -0.05) is 23.7 Å². The Bertz CT molecular complexity index is 1380. The number of carbonyl (C=O) groups is 3. The van der Waals surface area contributed by atoms with Gasteiger partial charge in [0, 0.05) is 18.9 Å². The van der Waals surface area contributed by atoms with Crippen LogP contribution in [0.3, 0.4) is 0 Å². The van der Waals surface area contributed by atoms with Gasteiger partial charge in [-0.2, -0.15) is 0 Å². The highest BCUT2D eigenvalue weighted by molar-refractivity contribution is 7.92. The van der Waals surface area contributed by atoms with Crippen molar-refractivity contribution in [3.05, 3.63) is 64.3 Å². The molecule has 10 heteroatoms. The van der Waals surface area contributed by atoms with Gasteiger partial charge in [0.05, 0.1) is 27.9 Å². The molecule has 8 nitrogen and oxygen atoms in total. The Morgan fingerprint density at radius 3 is 2.35 bits per heavy atom. The number of aryl methyl sites for hydroxylation is 2. The number of nitrogens with one attached hydrogen (secondary N) is 1. The number of Topliss-reactive ketones (excluding diaryl/α,β-unsaturated/α-hetero) is 1. The second-order valence-electron chi connectivity index (χ2n) is 8.22. The van der Waals surface area contributed by atoms with Crippen molar-refractivity contribution in [1.29, 1.82) is 0 Å². The van der Waals surface area contributed by atoms with Crippen molar-refractivity contribution in [3.63, 3.8) is 0 Å². The van der Waals surface area contributed by atoms with Crippen LogP contribution in [0.1, 0.15) is 47.4 Å². The Labute approximate surface area is 202 Å². The maximum absolute atomic E-state index is 12.9. The molecular weight excluding hydrogens is 480 g/mol. The minimum absolute atomic E-state index is 0.0443. The van der Waals surface area contributed by atoms with Crippen LogP contribution in [0.5, 0.6) is 0 Å². The Balaban J connectivity index is 1.72. The van der Waals surface area contributed by atoms with Crippen LogP contribution in [0.4, 0.5) is 0 Å². The second-order valence-corrected chi connectivity index (χ2v) is 10.6. The van der Waals surface area contributed by atoms with Gasteiger partial charge in [0.1, 0.15) is 17.2 Å². The lowest BCUT2D eigenvalue weighted by atomic mass is 10.1. The van der Waals surface area contributed by atoms with Gasteiger partial charge in [-0.25, -0.2) is 8.42 Å². The van der Waals surface area contributed by atoms with Crippen LogP contribution in [0.15, 0.2) is 47.4 Å². The summed E-state index contributed by atoms with van der Waals surface area (Å²) in [5.41, 5.74) is 2.94. The normalized spacial score (nSPS) is 12.5. The van der Waals surface area contributed by atoms with Crippen LogP contribution in [0.25, 0.3) is 10.9 Å². The number of fused-ring (bicyclic) bond motifs is 1. The first-order chi connectivity index (χ1) is 15.9. The summed E-state index contributed by atoms with van der Waals surface area (Å²) in [5, 5.41) is 12.9. The molecule has 1 unspecified atom stereocenters. The van der Waals surface area contributed by atoms with Crippen molar-refractivity contribution in [2.75, 3.05) is 5.75 Å². The van der Waals surface area contributed by atoms with Gasteiger partial charge < -0.3 is 15.0 Å². The number of amides is 1. The summed E-state index contributed by atoms with van der Waals surface area (Å²) in [6, 6.07) is 11.0. The molecule has 1 amide bonds. The molecular formula is C24H25ClN2O6S. The van der Waals surface area contributed by atoms with E-state index in [9.17, 15) is 22.8 Å². The largest absolute Gasteiger partial charge is 0.481 e. The minimum atomic E-state index is -3.89. The summed E-state index contributed by atoms with van der Waals surface area (Å²) in [6.45, 7) is 3.70. The number of aromatic nitrogens is 1. The van der Waals surface area contributed by atoms with Crippen LogP contribution >= 0.6 is 11.6 Å². The van der Waals surface area contributed by atoms with Crippen molar-refractivity contribution in [2.24, 2.45) is 7.05 Å². The number of carbonyl (C=O) groups excluding carboxylic acids is 2. The summed E-state index contributed by atoms with van der Waals surface area (Å²) in [5.74, 6) is -2.87. The molecule has 0 aliphatic carbocycles. The average molecular weight is 505 g/mol. The van der Waals surface area contributed by atoms with Gasteiger partial charge in [-0.15, -0.1) is 0 Å². The lowest BCUT2D eigenvalue weighted by molar-refractivity contribution is -0.138. The first kappa shape index (κ1) is 25.5. The molecule has 0 radical (unpaired) electrons. The van der Waals surface area contributed by atoms with E-state index >= 15 is 0 Å². The highest BCUT2D eigenvalue weighted by atomic mass is 35.5. The summed E-state index contributed by atoms with van der Waals surface area (Å²) in [7, 11) is -2.10. The molecule has 0 aliphatic rings. The fraction of sp³-hybridized carbons (Fsp3) is 0.292. The smallest absolute Gasteiger partial charge is 0.303 e. The van der Waals surface area contributed by atoms with E-state index < -0.39 is 39.8 Å². The molecule has 0 aliphatic heterocycles. The van der Waals surface area contributed by atoms with Crippen molar-refractivity contribution >= 4 is 50.0 Å². The lowest BCUT2D eigenvalue weighted by Gasteiger charge is -2.15. The molecule has 34 heavy (non-hydrogen) atoms. The van der Waals surface area contributed by atoms with E-state index in [0.717, 1.165) is 16.5 Å². The van der Waals surface area contributed by atoms with Crippen LogP contribution in [-0.4, -0.2) is 41.5 Å². The Hall–Kier alpha value is -3.17. The zero-order valence-corrected chi connectivity index (χ0v) is 20.5. The zero-order valence-electron chi connectivity index (χ0n) is 19.0. The van der Waals surface area contributed by atoms with Crippen LogP contribution in [0.2, 0.25) is 5.02 Å². The number of sulfone groups is 1. The van der Waals surface area contributed by atoms with Crippen LogP contribution in [0, 0.1) is 6.92 Å². The number of aliphatic carboxylic acids is 1. The van der Waals surface area contributed by atoms with Gasteiger partial charge in [0.25, 0.3) is 5.91 Å². The quantitative estimate of drug-likeness (QED) is 0.456. The van der Waals surface area contributed by atoms with Crippen LogP contribution in [-0.2, 0) is 26.5 Å². The van der Waals surface area contributed by atoms with Gasteiger partial charge in [0.2, 0.25) is 0 Å². The van der Waals surface area contributed by atoms with Crippen molar-refractivity contribution in [2.45, 2.75) is 37.6 Å². The predicted octanol–water partition coefficient (Wildman–Crippen LogP) is 3.84. The van der Waals surface area contributed by atoms with Crippen molar-refractivity contribution < 1.29 is 27.9 Å². The summed E-state index contributed by atoms with van der Waals surface area (Å²) in [4.78, 5) is 35.2. The number of ketones is 1. The van der Waals surface area contributed by atoms with Crippen LogP contribution < -0.4 is 5.32 Å². The Morgan fingerprint density at radius 2 is 1.74 bits per heavy atom. The molecule has 0 spiro atoms. The summed E-state index contributed by atoms with van der Waals surface area (Å²) >= 11 is 6.33. The van der Waals surface area contributed by atoms with Crippen molar-refractivity contribution in [3.8, 4) is 0 Å². The number of hydrogen-bond acceptors (Lipinski definition) is 5. The SMILES string of the molecule is Cc1cc(Cl)c2cc(C(=O)NC(C)c3ccc(S(=O)(=O)CC(=O)CCC(=O)O)cc3)n(C)c2c1. The molecule has 2 aromatic carbocycles. The maximum Gasteiger partial charge on any atom is 0.303 e. The van der Waals surface area contributed by atoms with Gasteiger partial charge in [-0.3, -0.25) is 14.4 Å². The minimum Gasteiger partial charge on any atom is -0.481 e. The summed E-state index contributed by atoms with van der Waals surface area (Å²) in [6.07, 6.45) is -0.748. The number of benzene rings is 2. The Morgan fingerprint density at radius 1 is 1.09 bits per heavy atom. The monoisotopic (exact) mass is 504 g/mol. The van der Waals surface area contributed by atoms with E-state index in [1.165, 1.54) is 12.1 Å². The van der Waals surface area contributed by atoms with E-state index in [1.54, 1.807) is 36.7 Å². The van der Waals surface area contributed by atoms with Gasteiger partial charge in [-0.05, 0) is 55.3 Å². The topological polar surface area (TPSA) is 123 Å². The number of halogens is 1.